The summed E-state index contributed by atoms with van der Waals surface area (Å²) >= 11 is 0. The topological polar surface area (TPSA) is 760 Å². The Morgan fingerprint density at radius 2 is 0.343 bits per heavy atom. The van der Waals surface area contributed by atoms with Crippen LogP contribution in [0.3, 0.4) is 0 Å². The Hall–Kier alpha value is 8.16. The molecule has 6 rings (SSSR count). The van der Waals surface area contributed by atoms with Crippen LogP contribution in [0.25, 0.3) is 34.4 Å². The number of ether oxygens (including phenoxy) is 6. The number of hydrogen-bond donors (Lipinski definition) is 19. The molecule has 566 valence electrons. The number of phosphoric acid groups is 5. The van der Waals surface area contributed by atoms with Gasteiger partial charge in [0.2, 0.25) is 0 Å². The molecular formula is C42H79Ac6N6O40P5-6. The molecule has 6 radical (unpaired) electrons. The second kappa shape index (κ2) is 48.1. The second-order valence-corrected chi connectivity index (χ2v) is 29.3. The summed E-state index contributed by atoms with van der Waals surface area (Å²) in [7, 11) is -26.3. The third-order valence-corrected chi connectivity index (χ3v) is 20.2. The Bertz CT molecular complexity index is 2460. The first-order chi connectivity index (χ1) is 43.1. The second-order valence-electron chi connectivity index (χ2n) is 22.0. The first-order valence-electron chi connectivity index (χ1n) is 27.8. The maximum atomic E-state index is 13.0. The van der Waals surface area contributed by atoms with Crippen LogP contribution < -0.4 is 0 Å². The van der Waals surface area contributed by atoms with Crippen molar-refractivity contribution in [2.75, 3.05) is 79.3 Å². The number of phosphoric ester groups is 5. The van der Waals surface area contributed by atoms with E-state index >= 15 is 0 Å². The summed E-state index contributed by atoms with van der Waals surface area (Å²) < 4.78 is 145. The van der Waals surface area contributed by atoms with Crippen LogP contribution in [0.4, 0.5) is 0 Å². The van der Waals surface area contributed by atoms with Gasteiger partial charge in [-0.15, -0.1) is 0 Å². The number of aliphatic hydroxyl groups excluding tert-OH is 14. The summed E-state index contributed by atoms with van der Waals surface area (Å²) in [5, 5.41) is 144. The van der Waals surface area contributed by atoms with Crippen LogP contribution in [-0.4, -0.2) is 358 Å². The number of nitrogens with one attached hydrogen (secondary N) is 6. The molecule has 25 N–H and O–H groups in total. The van der Waals surface area contributed by atoms with E-state index in [9.17, 15) is 119 Å². The van der Waals surface area contributed by atoms with Gasteiger partial charge in [-0.2, -0.15) is 0 Å². The third kappa shape index (κ3) is 31.2. The molecule has 46 nitrogen and oxygen atoms in total. The summed E-state index contributed by atoms with van der Waals surface area (Å²) in [6.45, 7) is -12.3. The van der Waals surface area contributed by atoms with Crippen molar-refractivity contribution in [1.82, 2.24) is 0 Å². The Kier molecular flexibility index (Phi) is 52.1. The standard InChI is InChI=1S/C42H79N6O40P5.6Ac/c43-25-13(1-49)83-20(32(52)37(25)57)8-78-90(65,66)74-4-16-27(45)39(59)34(54)22(85-16)10-80-92(69,70)76-6-18-29(47)41(61)36(56)24(87-18)12-82-93(71,72)77-7-19-30(48)42(62)35(55)23(88-19)11-81-91(67,68)75-5-17-28(46)40(60)33(53)21(86-17)9-79-89(63,64)73-3-15-26(44)38(58)31(51)14(2-50)84-15;;;;;;/h13-62H,1-12H2,(H,63,64)(H,65,66)(H,67,68)(H,69,70)(H,71,72);;;;;;/q-6;;;;;;/t13-,14+,15-,16-,17-,18-,19-,20+,21+,22+,23+,24+,25?,26?,27?,28?,29?,30?,31?,32?,33?,34?,35?,36?,37?,38?,39?,40?,41?,42?;;;;;;/m0....../s1. The first kappa shape index (κ1) is 107. The quantitative estimate of drug-likeness (QED) is 0.0278. The van der Waals surface area contributed by atoms with Gasteiger partial charge >= 0.3 is 39.1 Å². The first-order valence-corrected chi connectivity index (χ1v) is 35.3. The summed E-state index contributed by atoms with van der Waals surface area (Å²) in [5.74, 6) is 0. The molecule has 99 heavy (non-hydrogen) atoms. The van der Waals surface area contributed by atoms with E-state index in [0.717, 1.165) is 0 Å². The number of aliphatic hydroxyl groups is 14. The minimum atomic E-state index is -5.38. The van der Waals surface area contributed by atoms with E-state index in [2.05, 4.69) is 0 Å². The van der Waals surface area contributed by atoms with Crippen molar-refractivity contribution >= 4 is 39.1 Å². The van der Waals surface area contributed by atoms with E-state index in [4.69, 9.17) is 108 Å². The van der Waals surface area contributed by atoms with Gasteiger partial charge in [0.1, 0.15) is 73.2 Å². The summed E-state index contributed by atoms with van der Waals surface area (Å²) in [4.78, 5) is 51.9. The Balaban J connectivity index is 0.0000160. The Labute approximate surface area is 779 Å². The van der Waals surface area contributed by atoms with Crippen molar-refractivity contribution in [2.45, 2.75) is 183 Å². The smallest absolute Gasteiger partial charge is 0.472 e. The normalized spacial score (nSPS) is 42.6. The van der Waals surface area contributed by atoms with E-state index in [1.54, 1.807) is 0 Å². The van der Waals surface area contributed by atoms with Crippen LogP contribution in [0.5, 0.6) is 0 Å². The van der Waals surface area contributed by atoms with Crippen LogP contribution in [0.2, 0.25) is 0 Å². The molecule has 23 unspecified atom stereocenters. The van der Waals surface area contributed by atoms with Crippen LogP contribution >= 0.6 is 39.1 Å². The average Bonchev–Trinajstić information content (AvgIpc) is 0.811. The van der Waals surface area contributed by atoms with Crippen molar-refractivity contribution in [1.29, 1.82) is 0 Å². The molecule has 6 heterocycles. The molecule has 6 saturated heterocycles. The van der Waals surface area contributed by atoms with E-state index in [0.29, 0.717) is 0 Å². The zero-order valence-corrected chi connectivity index (χ0v) is 84.5. The van der Waals surface area contributed by atoms with Crippen molar-refractivity contribution in [3.8, 4) is 0 Å². The molecule has 0 amide bonds. The van der Waals surface area contributed by atoms with Crippen molar-refractivity contribution in [3.05, 3.63) is 34.4 Å². The molecule has 0 bridgehead atoms. The largest absolute Gasteiger partial charge is 0.670 e. The van der Waals surface area contributed by atoms with Gasteiger partial charge in [0.25, 0.3) is 0 Å². The molecule has 0 aromatic carbocycles. The van der Waals surface area contributed by atoms with Crippen LogP contribution in [0.1, 0.15) is 0 Å². The summed E-state index contributed by atoms with van der Waals surface area (Å²) in [5.41, 5.74) is 48.7. The monoisotopic (exact) mass is 2820 g/mol. The average molecular weight is 2820 g/mol. The van der Waals surface area contributed by atoms with Crippen molar-refractivity contribution < 1.29 is 457 Å². The summed E-state index contributed by atoms with van der Waals surface area (Å²) in [6, 6.07) is -10.5. The van der Waals surface area contributed by atoms with Gasteiger partial charge in [-0.3, -0.25) is 45.2 Å². The van der Waals surface area contributed by atoms with Gasteiger partial charge in [-0.05, 0) is 0 Å². The molecule has 6 fully saturated rings. The van der Waals surface area contributed by atoms with Gasteiger partial charge in [0.15, 0.2) is 0 Å². The molecule has 57 heteroatoms. The maximum absolute atomic E-state index is 13.0. The SMILES string of the molecule is [Ac].[Ac].[Ac].[Ac].[Ac].[Ac].[NH-]C1C(O)C(O)[C@@H](CO)O[C@H]1COP(=O)(O)OC[C@H]1O[C@@H](COP(=O)(O)OC[C@H]2O[C@@H](COP(=O)(O)OC[C@H]3O[C@@H](COP(=O)(O)OC[C@H]4O[C@@H](COP(=O)(O)OC[C@H]5O[C@@H](CO)C([NH-])C(O)C5O)C([NH-])C(O)C4O)C([NH-])C(O)C3O)C([NH-])C(O)C2O)C([NH-])C(O)C1O. The predicted molar refractivity (Wildman–Crippen MR) is 296 cm³/mol. The fourth-order valence-corrected chi connectivity index (χ4v) is 13.6. The molecule has 0 aliphatic carbocycles. The minimum absolute atomic E-state index is 0. The van der Waals surface area contributed by atoms with E-state index in [-0.39, 0.29) is 264 Å². The third-order valence-electron chi connectivity index (χ3n) is 15.5. The molecule has 0 aromatic rings. The Morgan fingerprint density at radius 1 is 0.222 bits per heavy atom. The zero-order chi connectivity index (χ0) is 69.6. The maximum Gasteiger partial charge on any atom is 0.472 e. The molecule has 35 atom stereocenters. The molecule has 0 aromatic heterocycles. The Morgan fingerprint density at radius 3 is 0.505 bits per heavy atom. The van der Waals surface area contributed by atoms with Gasteiger partial charge in [-0.25, -0.2) is 22.8 Å². The molecule has 0 spiro atoms. The fourth-order valence-electron chi connectivity index (χ4n) is 9.83. The van der Waals surface area contributed by atoms with Gasteiger partial charge in [-0.1, -0.05) is 36.3 Å². The van der Waals surface area contributed by atoms with Gasteiger partial charge < -0.3 is 159 Å². The molecule has 0 saturated carbocycles. The molecule has 6 aliphatic rings. The van der Waals surface area contributed by atoms with E-state index in [1.807, 2.05) is 0 Å². The summed E-state index contributed by atoms with van der Waals surface area (Å²) in [6.07, 6.45) is -43.3. The predicted octanol–water partition coefficient (Wildman–Crippen LogP) is -6.90. The van der Waals surface area contributed by atoms with Crippen LogP contribution in [0.15, 0.2) is 0 Å². The fraction of sp³-hybridized carbons (Fsp3) is 1.00. The van der Waals surface area contributed by atoms with Crippen molar-refractivity contribution in [3.63, 3.8) is 0 Å². The van der Waals surface area contributed by atoms with E-state index in [1.165, 1.54) is 0 Å². The number of hydrogen-bond acceptors (Lipinski definition) is 35. The van der Waals surface area contributed by atoms with Crippen LogP contribution in [-0.2, 0) is 96.5 Å². The van der Waals surface area contributed by atoms with Crippen LogP contribution in [0, 0.1) is 264 Å². The van der Waals surface area contributed by atoms with E-state index < -0.39 is 301 Å². The zero-order valence-electron chi connectivity index (χ0n) is 51.6. The molecule has 6 aliphatic heterocycles. The molecular weight excluding hydrogens is 2750 g/mol. The van der Waals surface area contributed by atoms with Crippen molar-refractivity contribution in [2.24, 2.45) is 0 Å². The minimum Gasteiger partial charge on any atom is -0.670 e. The van der Waals surface area contributed by atoms with Gasteiger partial charge in [0.05, 0.1) is 153 Å². The number of rotatable bonds is 32. The van der Waals surface area contributed by atoms with Gasteiger partial charge in [0, 0.05) is 264 Å².